The van der Waals surface area contributed by atoms with E-state index in [1.165, 1.54) is 0 Å². The van der Waals surface area contributed by atoms with Crippen molar-refractivity contribution in [2.45, 2.75) is 19.4 Å². The maximum atomic E-state index is 13.0. The Morgan fingerprint density at radius 2 is 1.79 bits per heavy atom. The van der Waals surface area contributed by atoms with Crippen molar-refractivity contribution in [3.63, 3.8) is 0 Å². The largest absolute Gasteiger partial charge is 0.378 e. The number of nitrogens with zero attached hydrogens (tertiary/aromatic N) is 2. The molecule has 0 radical (unpaired) electrons. The Labute approximate surface area is 164 Å². The van der Waals surface area contributed by atoms with Crippen LogP contribution >= 0.6 is 0 Å². The molecule has 1 aliphatic carbocycles. The predicted octanol–water partition coefficient (Wildman–Crippen LogP) is 1.95. The molecule has 2 N–H and O–H groups in total. The number of amides is 2. The van der Waals surface area contributed by atoms with E-state index in [-0.39, 0.29) is 11.8 Å². The van der Waals surface area contributed by atoms with E-state index in [2.05, 4.69) is 20.5 Å². The van der Waals surface area contributed by atoms with Crippen LogP contribution in [0.1, 0.15) is 18.5 Å². The molecule has 0 atom stereocenters. The number of pyridine rings is 1. The Bertz CT molecular complexity index is 846. The third-order valence-electron chi connectivity index (χ3n) is 5.28. The van der Waals surface area contributed by atoms with Crippen LogP contribution in [0, 0.1) is 5.41 Å². The summed E-state index contributed by atoms with van der Waals surface area (Å²) in [5.41, 5.74) is 1.49. The predicted molar refractivity (Wildman–Crippen MR) is 106 cm³/mol. The second-order valence-corrected chi connectivity index (χ2v) is 7.16. The Hall–Kier alpha value is -2.93. The highest BCUT2D eigenvalue weighted by atomic mass is 16.5. The third-order valence-corrected chi connectivity index (χ3v) is 5.28. The van der Waals surface area contributed by atoms with Crippen LogP contribution in [0.2, 0.25) is 0 Å². The smallest absolute Gasteiger partial charge is 0.240 e. The first kappa shape index (κ1) is 18.4. The molecule has 2 fully saturated rings. The van der Waals surface area contributed by atoms with Gasteiger partial charge in [0.1, 0.15) is 5.41 Å². The molecule has 1 saturated heterocycles. The van der Waals surface area contributed by atoms with Gasteiger partial charge in [-0.1, -0.05) is 18.2 Å². The van der Waals surface area contributed by atoms with E-state index >= 15 is 0 Å². The molecule has 0 spiro atoms. The number of hydrogen-bond acceptors (Lipinski definition) is 5. The van der Waals surface area contributed by atoms with Crippen molar-refractivity contribution >= 4 is 23.2 Å². The number of morpholine rings is 1. The minimum atomic E-state index is -0.979. The number of para-hydroxylation sites is 2. The molecule has 7 heteroatoms. The number of anilines is 2. The molecule has 0 unspecified atom stereocenters. The average Bonchev–Trinajstić information content (AvgIpc) is 3.56. The van der Waals surface area contributed by atoms with E-state index in [9.17, 15) is 9.59 Å². The van der Waals surface area contributed by atoms with Crippen molar-refractivity contribution in [1.29, 1.82) is 0 Å². The Kier molecular flexibility index (Phi) is 5.25. The molecular weight excluding hydrogens is 356 g/mol. The molecule has 146 valence electrons. The second kappa shape index (κ2) is 7.98. The van der Waals surface area contributed by atoms with E-state index in [1.807, 2.05) is 42.5 Å². The maximum absolute atomic E-state index is 13.0. The van der Waals surface area contributed by atoms with Crippen LogP contribution in [0.5, 0.6) is 0 Å². The number of rotatable bonds is 6. The second-order valence-electron chi connectivity index (χ2n) is 7.16. The van der Waals surface area contributed by atoms with Gasteiger partial charge in [-0.15, -0.1) is 0 Å². The lowest BCUT2D eigenvalue weighted by molar-refractivity contribution is -0.134. The Morgan fingerprint density at radius 3 is 2.50 bits per heavy atom. The zero-order chi connectivity index (χ0) is 19.4. The van der Waals surface area contributed by atoms with Crippen molar-refractivity contribution < 1.29 is 14.3 Å². The van der Waals surface area contributed by atoms with Crippen molar-refractivity contribution in [3.8, 4) is 0 Å². The summed E-state index contributed by atoms with van der Waals surface area (Å²) in [4.78, 5) is 32.0. The number of hydrogen-bond donors (Lipinski definition) is 2. The van der Waals surface area contributed by atoms with Gasteiger partial charge in [0.15, 0.2) is 0 Å². The van der Waals surface area contributed by atoms with Gasteiger partial charge in [0, 0.05) is 19.3 Å². The Morgan fingerprint density at radius 1 is 1.04 bits per heavy atom. The van der Waals surface area contributed by atoms with Crippen LogP contribution < -0.4 is 15.5 Å². The van der Waals surface area contributed by atoms with Gasteiger partial charge in [-0.2, -0.15) is 0 Å². The highest BCUT2D eigenvalue weighted by Crippen LogP contribution is 2.47. The summed E-state index contributed by atoms with van der Waals surface area (Å²) in [6.07, 6.45) is 2.81. The van der Waals surface area contributed by atoms with E-state index in [4.69, 9.17) is 4.74 Å². The van der Waals surface area contributed by atoms with Crippen molar-refractivity contribution in [3.05, 3.63) is 54.4 Å². The van der Waals surface area contributed by atoms with E-state index in [0.29, 0.717) is 32.6 Å². The van der Waals surface area contributed by atoms with Crippen LogP contribution in [-0.4, -0.2) is 43.1 Å². The fourth-order valence-electron chi connectivity index (χ4n) is 3.43. The molecular formula is C21H24N4O3. The number of nitrogens with one attached hydrogen (secondary N) is 2. The molecule has 7 nitrogen and oxygen atoms in total. The summed E-state index contributed by atoms with van der Waals surface area (Å²) in [5, 5.41) is 5.85. The number of aromatic nitrogens is 1. The zero-order valence-corrected chi connectivity index (χ0v) is 15.7. The number of benzene rings is 1. The summed E-state index contributed by atoms with van der Waals surface area (Å²) in [5.74, 6) is -0.480. The lowest BCUT2D eigenvalue weighted by Gasteiger charge is -2.30. The minimum absolute atomic E-state index is 0.237. The van der Waals surface area contributed by atoms with Crippen LogP contribution in [-0.2, 0) is 20.9 Å². The molecule has 4 rings (SSSR count). The first-order valence-corrected chi connectivity index (χ1v) is 9.60. The van der Waals surface area contributed by atoms with E-state index in [0.717, 1.165) is 30.2 Å². The third kappa shape index (κ3) is 3.84. The normalized spacial score (nSPS) is 17.6. The zero-order valence-electron chi connectivity index (χ0n) is 15.7. The lowest BCUT2D eigenvalue weighted by atomic mass is 10.0. The van der Waals surface area contributed by atoms with Crippen molar-refractivity contribution in [1.82, 2.24) is 10.3 Å². The minimum Gasteiger partial charge on any atom is -0.378 e. The summed E-state index contributed by atoms with van der Waals surface area (Å²) in [7, 11) is 0. The van der Waals surface area contributed by atoms with Crippen LogP contribution in [0.15, 0.2) is 48.7 Å². The molecule has 2 aliphatic rings. The summed E-state index contributed by atoms with van der Waals surface area (Å²) >= 11 is 0. The molecule has 1 saturated carbocycles. The molecule has 1 aliphatic heterocycles. The average molecular weight is 380 g/mol. The number of ether oxygens (including phenoxy) is 1. The number of carbonyl (C=O) groups excluding carboxylic acids is 2. The Balaban J connectivity index is 1.42. The molecule has 2 aromatic rings. The first-order valence-electron chi connectivity index (χ1n) is 9.60. The van der Waals surface area contributed by atoms with Crippen LogP contribution in [0.3, 0.4) is 0 Å². The number of carbonyl (C=O) groups is 2. The van der Waals surface area contributed by atoms with Crippen LogP contribution in [0.25, 0.3) is 0 Å². The van der Waals surface area contributed by atoms with Gasteiger partial charge in [0.2, 0.25) is 11.8 Å². The van der Waals surface area contributed by atoms with Gasteiger partial charge < -0.3 is 20.3 Å². The highest BCUT2D eigenvalue weighted by molar-refractivity contribution is 6.13. The first-order chi connectivity index (χ1) is 13.7. The molecule has 28 heavy (non-hydrogen) atoms. The molecule has 2 amide bonds. The fraction of sp³-hybridized carbons (Fsp3) is 0.381. The van der Waals surface area contributed by atoms with Gasteiger partial charge in [0.05, 0.1) is 36.8 Å². The molecule has 2 heterocycles. The molecule has 0 bridgehead atoms. The van der Waals surface area contributed by atoms with Gasteiger partial charge in [-0.05, 0) is 37.1 Å². The van der Waals surface area contributed by atoms with Crippen LogP contribution in [0.4, 0.5) is 11.4 Å². The van der Waals surface area contributed by atoms with Gasteiger partial charge in [-0.25, -0.2) is 0 Å². The summed E-state index contributed by atoms with van der Waals surface area (Å²) in [6, 6.07) is 13.3. The highest BCUT2D eigenvalue weighted by Gasteiger charge is 2.56. The lowest BCUT2D eigenvalue weighted by Crippen LogP contribution is -2.40. The standard InChI is InChI=1S/C21H24N4O3/c26-19(23-15-16-5-3-4-10-22-16)21(8-9-21)20(27)24-17-6-1-2-7-18(17)25-11-13-28-14-12-25/h1-7,10H,8-9,11-15H2,(H,23,26)(H,24,27). The van der Waals surface area contributed by atoms with Gasteiger partial charge in [0.25, 0.3) is 0 Å². The van der Waals surface area contributed by atoms with Crippen molar-refractivity contribution in [2.75, 3.05) is 36.5 Å². The van der Waals surface area contributed by atoms with Gasteiger partial charge in [-0.3, -0.25) is 14.6 Å². The van der Waals surface area contributed by atoms with E-state index in [1.54, 1.807) is 6.20 Å². The molecule has 1 aromatic carbocycles. The monoisotopic (exact) mass is 380 g/mol. The topological polar surface area (TPSA) is 83.6 Å². The van der Waals surface area contributed by atoms with E-state index < -0.39 is 5.41 Å². The van der Waals surface area contributed by atoms with Gasteiger partial charge >= 0.3 is 0 Å². The fourth-order valence-corrected chi connectivity index (χ4v) is 3.43. The van der Waals surface area contributed by atoms with Crippen molar-refractivity contribution in [2.24, 2.45) is 5.41 Å². The summed E-state index contributed by atoms with van der Waals surface area (Å²) < 4.78 is 5.41. The maximum Gasteiger partial charge on any atom is 0.240 e. The summed E-state index contributed by atoms with van der Waals surface area (Å²) in [6.45, 7) is 3.22. The SMILES string of the molecule is O=C(NCc1ccccn1)C1(C(=O)Nc2ccccc2N2CCOCC2)CC1. The molecule has 1 aromatic heterocycles. The quantitative estimate of drug-likeness (QED) is 0.749.